The number of fused-ring (bicyclic) bond motifs is 1. The summed E-state index contributed by atoms with van der Waals surface area (Å²) in [6.45, 7) is 10.4. The van der Waals surface area contributed by atoms with Crippen LogP contribution in [0, 0.1) is 11.8 Å². The van der Waals surface area contributed by atoms with Crippen LogP contribution in [0.5, 0.6) is 0 Å². The number of rotatable bonds is 6. The Morgan fingerprint density at radius 2 is 2.16 bits per heavy atom. The van der Waals surface area contributed by atoms with Gasteiger partial charge in [-0.2, -0.15) is 0 Å². The van der Waals surface area contributed by atoms with Crippen molar-refractivity contribution >= 4 is 0 Å². The zero-order valence-corrected chi connectivity index (χ0v) is 12.8. The largest absolute Gasteiger partial charge is 0.313 e. The first-order valence-electron chi connectivity index (χ1n) is 7.82. The SMILES string of the molecule is CCCNC(C1CCc2cccnc21)C(C)C(C)C. The fraction of sp³-hybridized carbons (Fsp3) is 0.706. The van der Waals surface area contributed by atoms with Crippen molar-refractivity contribution in [3.63, 3.8) is 0 Å². The van der Waals surface area contributed by atoms with Gasteiger partial charge in [0.1, 0.15) is 0 Å². The minimum absolute atomic E-state index is 0.566. The number of aromatic nitrogens is 1. The van der Waals surface area contributed by atoms with Gasteiger partial charge in [-0.15, -0.1) is 0 Å². The lowest BCUT2D eigenvalue weighted by Gasteiger charge is -2.33. The average Bonchev–Trinajstić information content (AvgIpc) is 2.83. The number of pyridine rings is 1. The molecule has 106 valence electrons. The van der Waals surface area contributed by atoms with E-state index in [9.17, 15) is 0 Å². The summed E-state index contributed by atoms with van der Waals surface area (Å²) < 4.78 is 0. The zero-order chi connectivity index (χ0) is 13.8. The molecule has 1 aliphatic carbocycles. The molecule has 0 amide bonds. The van der Waals surface area contributed by atoms with E-state index in [1.54, 1.807) is 0 Å². The normalized spacial score (nSPS) is 21.4. The van der Waals surface area contributed by atoms with Gasteiger partial charge in [0.2, 0.25) is 0 Å². The van der Waals surface area contributed by atoms with E-state index in [2.05, 4.69) is 50.1 Å². The molecule has 1 aromatic heterocycles. The zero-order valence-electron chi connectivity index (χ0n) is 12.8. The predicted molar refractivity (Wildman–Crippen MR) is 81.4 cm³/mol. The molecule has 2 nitrogen and oxygen atoms in total. The first-order chi connectivity index (χ1) is 9.15. The third-order valence-electron chi connectivity index (χ3n) is 4.68. The summed E-state index contributed by atoms with van der Waals surface area (Å²) in [6, 6.07) is 4.89. The molecule has 3 atom stereocenters. The van der Waals surface area contributed by atoms with Crippen LogP contribution in [-0.4, -0.2) is 17.6 Å². The number of nitrogens with one attached hydrogen (secondary N) is 1. The number of hydrogen-bond acceptors (Lipinski definition) is 2. The van der Waals surface area contributed by atoms with Crippen molar-refractivity contribution in [3.05, 3.63) is 29.6 Å². The summed E-state index contributed by atoms with van der Waals surface area (Å²) in [5, 5.41) is 3.79. The highest BCUT2D eigenvalue weighted by Gasteiger charge is 2.34. The summed E-state index contributed by atoms with van der Waals surface area (Å²) in [5.41, 5.74) is 2.82. The first-order valence-corrected chi connectivity index (χ1v) is 7.82. The standard InChI is InChI=1S/C17H28N2/c1-5-10-18-16(13(4)12(2)3)15-9-8-14-7-6-11-19-17(14)15/h6-7,11-13,15-16,18H,5,8-10H2,1-4H3. The molecule has 0 bridgehead atoms. The molecule has 0 fully saturated rings. The summed E-state index contributed by atoms with van der Waals surface area (Å²) in [5.74, 6) is 1.99. The van der Waals surface area contributed by atoms with Crippen LogP contribution >= 0.6 is 0 Å². The third-order valence-corrected chi connectivity index (χ3v) is 4.68. The molecule has 3 unspecified atom stereocenters. The maximum Gasteiger partial charge on any atom is 0.0482 e. The average molecular weight is 260 g/mol. The van der Waals surface area contributed by atoms with Crippen molar-refractivity contribution in [2.75, 3.05) is 6.54 Å². The molecule has 2 rings (SSSR count). The number of nitrogens with zero attached hydrogens (tertiary/aromatic N) is 1. The third kappa shape index (κ3) is 3.17. The van der Waals surface area contributed by atoms with Gasteiger partial charge >= 0.3 is 0 Å². The second kappa shape index (κ2) is 6.51. The Morgan fingerprint density at radius 1 is 1.37 bits per heavy atom. The molecule has 0 saturated carbocycles. The second-order valence-corrected chi connectivity index (χ2v) is 6.28. The van der Waals surface area contributed by atoms with Gasteiger partial charge in [0.25, 0.3) is 0 Å². The number of hydrogen-bond donors (Lipinski definition) is 1. The van der Waals surface area contributed by atoms with Crippen molar-refractivity contribution < 1.29 is 0 Å². The lowest BCUT2D eigenvalue weighted by Crippen LogP contribution is -2.42. The molecule has 1 heterocycles. The van der Waals surface area contributed by atoms with Gasteiger partial charge < -0.3 is 5.32 Å². The Kier molecular flexibility index (Phi) is 4.98. The van der Waals surface area contributed by atoms with E-state index in [1.807, 2.05) is 6.20 Å². The fourth-order valence-electron chi connectivity index (χ4n) is 3.21. The Bertz CT molecular complexity index is 400. The molecule has 1 aliphatic rings. The fourth-order valence-corrected chi connectivity index (χ4v) is 3.21. The first kappa shape index (κ1) is 14.5. The van der Waals surface area contributed by atoms with Gasteiger partial charge in [0.05, 0.1) is 0 Å². The van der Waals surface area contributed by atoms with Crippen molar-refractivity contribution in [2.24, 2.45) is 11.8 Å². The van der Waals surface area contributed by atoms with Gasteiger partial charge in [-0.1, -0.05) is 33.8 Å². The second-order valence-electron chi connectivity index (χ2n) is 6.28. The van der Waals surface area contributed by atoms with Crippen molar-refractivity contribution in [3.8, 4) is 0 Å². The maximum atomic E-state index is 4.67. The Balaban J connectivity index is 2.19. The van der Waals surface area contributed by atoms with Crippen LogP contribution in [0.4, 0.5) is 0 Å². The van der Waals surface area contributed by atoms with E-state index in [0.717, 1.165) is 6.54 Å². The minimum atomic E-state index is 0.566. The summed E-state index contributed by atoms with van der Waals surface area (Å²) in [7, 11) is 0. The molecule has 0 aromatic carbocycles. The topological polar surface area (TPSA) is 24.9 Å². The molecular formula is C17H28N2. The highest BCUT2D eigenvalue weighted by molar-refractivity contribution is 5.30. The van der Waals surface area contributed by atoms with Crippen LogP contribution in [-0.2, 0) is 6.42 Å². The summed E-state index contributed by atoms with van der Waals surface area (Å²) in [6.07, 6.45) is 5.60. The highest BCUT2D eigenvalue weighted by atomic mass is 14.9. The summed E-state index contributed by atoms with van der Waals surface area (Å²) in [4.78, 5) is 4.67. The monoisotopic (exact) mass is 260 g/mol. The van der Waals surface area contributed by atoms with Gasteiger partial charge in [-0.3, -0.25) is 4.98 Å². The van der Waals surface area contributed by atoms with Gasteiger partial charge in [0, 0.05) is 23.9 Å². The predicted octanol–water partition coefficient (Wildman–Crippen LogP) is 3.77. The van der Waals surface area contributed by atoms with Crippen LogP contribution < -0.4 is 5.32 Å². The van der Waals surface area contributed by atoms with Crippen molar-refractivity contribution in [2.45, 2.75) is 58.9 Å². The van der Waals surface area contributed by atoms with E-state index in [4.69, 9.17) is 0 Å². The summed E-state index contributed by atoms with van der Waals surface area (Å²) >= 11 is 0. The maximum absolute atomic E-state index is 4.67. The number of aryl methyl sites for hydroxylation is 1. The van der Waals surface area contributed by atoms with E-state index in [0.29, 0.717) is 23.8 Å². The molecule has 19 heavy (non-hydrogen) atoms. The molecule has 1 aromatic rings. The lowest BCUT2D eigenvalue weighted by atomic mass is 9.81. The van der Waals surface area contributed by atoms with Gasteiger partial charge in [-0.05, 0) is 49.3 Å². The van der Waals surface area contributed by atoms with Crippen LogP contribution in [0.3, 0.4) is 0 Å². The Morgan fingerprint density at radius 3 is 2.84 bits per heavy atom. The molecule has 0 radical (unpaired) electrons. The molecule has 2 heteroatoms. The highest BCUT2D eigenvalue weighted by Crippen LogP contribution is 2.37. The van der Waals surface area contributed by atoms with Crippen LogP contribution in [0.15, 0.2) is 18.3 Å². The molecular weight excluding hydrogens is 232 g/mol. The van der Waals surface area contributed by atoms with Gasteiger partial charge in [0.15, 0.2) is 0 Å². The van der Waals surface area contributed by atoms with Crippen LogP contribution in [0.1, 0.15) is 57.7 Å². The van der Waals surface area contributed by atoms with Crippen molar-refractivity contribution in [1.82, 2.24) is 10.3 Å². The quantitative estimate of drug-likeness (QED) is 0.842. The van der Waals surface area contributed by atoms with E-state index < -0.39 is 0 Å². The molecule has 1 N–H and O–H groups in total. The van der Waals surface area contributed by atoms with E-state index in [1.165, 1.54) is 30.5 Å². The van der Waals surface area contributed by atoms with Crippen LogP contribution in [0.25, 0.3) is 0 Å². The van der Waals surface area contributed by atoms with Gasteiger partial charge in [-0.25, -0.2) is 0 Å². The molecule has 0 spiro atoms. The molecule has 0 aliphatic heterocycles. The minimum Gasteiger partial charge on any atom is -0.313 e. The van der Waals surface area contributed by atoms with E-state index >= 15 is 0 Å². The molecule has 0 saturated heterocycles. The smallest absolute Gasteiger partial charge is 0.0482 e. The van der Waals surface area contributed by atoms with Crippen LogP contribution in [0.2, 0.25) is 0 Å². The van der Waals surface area contributed by atoms with Crippen molar-refractivity contribution in [1.29, 1.82) is 0 Å². The Hall–Kier alpha value is -0.890. The van der Waals surface area contributed by atoms with E-state index in [-0.39, 0.29) is 0 Å². The lowest BCUT2D eigenvalue weighted by molar-refractivity contribution is 0.260. The Labute approximate surface area is 118 Å².